The van der Waals surface area contributed by atoms with Crippen LogP contribution in [-0.2, 0) is 4.74 Å². The zero-order chi connectivity index (χ0) is 17.1. The monoisotopic (exact) mass is 325 g/mol. The first-order valence-electron chi connectivity index (χ1n) is 8.22. The Labute approximate surface area is 142 Å². The van der Waals surface area contributed by atoms with Crippen molar-refractivity contribution in [3.8, 4) is 0 Å². The maximum Gasteiger partial charge on any atom is 0.337 e. The van der Waals surface area contributed by atoms with Crippen LogP contribution in [0.5, 0.6) is 0 Å². The van der Waals surface area contributed by atoms with E-state index in [2.05, 4.69) is 33.8 Å². The Hall–Kier alpha value is -2.56. The first-order chi connectivity index (χ1) is 11.6. The Morgan fingerprint density at radius 1 is 1.17 bits per heavy atom. The molecule has 0 N–H and O–H groups in total. The lowest BCUT2D eigenvalue weighted by molar-refractivity contribution is 0.0601. The summed E-state index contributed by atoms with van der Waals surface area (Å²) >= 11 is 0. The number of esters is 1. The number of carbonyl (C=O) groups is 1. The molecule has 1 atom stereocenters. The van der Waals surface area contributed by atoms with Gasteiger partial charge in [-0.05, 0) is 50.2 Å². The molecule has 2 heterocycles. The van der Waals surface area contributed by atoms with Crippen LogP contribution in [0.1, 0.15) is 23.0 Å². The Bertz CT molecular complexity index is 715. The number of anilines is 2. The number of methoxy groups -OCH3 is 1. The quantitative estimate of drug-likeness (QED) is 0.812. The van der Waals surface area contributed by atoms with Crippen molar-refractivity contribution in [1.29, 1.82) is 0 Å². The number of aryl methyl sites for hydroxylation is 1. The van der Waals surface area contributed by atoms with Crippen molar-refractivity contribution in [3.63, 3.8) is 0 Å². The predicted molar refractivity (Wildman–Crippen MR) is 95.8 cm³/mol. The highest BCUT2D eigenvalue weighted by molar-refractivity contribution is 5.89. The normalized spacial score (nSPS) is 17.7. The summed E-state index contributed by atoms with van der Waals surface area (Å²) in [5.41, 5.74) is 2.75. The molecule has 1 aromatic carbocycles. The molecule has 1 aliphatic rings. The Balaban J connectivity index is 1.70. The van der Waals surface area contributed by atoms with Gasteiger partial charge in [-0.1, -0.05) is 6.07 Å². The minimum atomic E-state index is -0.301. The Kier molecular flexibility index (Phi) is 4.69. The second-order valence-corrected chi connectivity index (χ2v) is 6.16. The Morgan fingerprint density at radius 2 is 1.92 bits per heavy atom. The second kappa shape index (κ2) is 6.91. The number of aromatic nitrogens is 1. The zero-order valence-corrected chi connectivity index (χ0v) is 14.4. The van der Waals surface area contributed by atoms with Crippen molar-refractivity contribution in [3.05, 3.63) is 53.7 Å². The van der Waals surface area contributed by atoms with Crippen molar-refractivity contribution in [2.24, 2.45) is 0 Å². The summed E-state index contributed by atoms with van der Waals surface area (Å²) in [6, 6.07) is 14.1. The van der Waals surface area contributed by atoms with Crippen LogP contribution in [0, 0.1) is 6.92 Å². The average Bonchev–Trinajstić information content (AvgIpc) is 2.61. The first kappa shape index (κ1) is 16.3. The number of pyridine rings is 1. The summed E-state index contributed by atoms with van der Waals surface area (Å²) < 4.78 is 4.75. The highest BCUT2D eigenvalue weighted by Gasteiger charge is 2.25. The number of nitrogens with zero attached hydrogens (tertiary/aromatic N) is 3. The van der Waals surface area contributed by atoms with Gasteiger partial charge in [-0.2, -0.15) is 0 Å². The predicted octanol–water partition coefficient (Wildman–Crippen LogP) is 2.89. The molecule has 2 aromatic rings. The smallest absolute Gasteiger partial charge is 0.337 e. The van der Waals surface area contributed by atoms with E-state index in [1.54, 1.807) is 0 Å². The van der Waals surface area contributed by atoms with E-state index >= 15 is 0 Å². The van der Waals surface area contributed by atoms with Crippen LogP contribution in [0.25, 0.3) is 0 Å². The number of ether oxygens (including phenoxy) is 1. The molecular weight excluding hydrogens is 302 g/mol. The maximum absolute atomic E-state index is 11.5. The third-order valence-corrected chi connectivity index (χ3v) is 4.45. The SMILES string of the molecule is COC(=O)c1ccc(N2CCN(c3cccc(C)n3)C(C)C2)cc1. The highest BCUT2D eigenvalue weighted by atomic mass is 16.5. The van der Waals surface area contributed by atoms with E-state index in [1.165, 1.54) is 7.11 Å². The van der Waals surface area contributed by atoms with Gasteiger partial charge in [0.05, 0.1) is 12.7 Å². The molecule has 0 saturated carbocycles. The van der Waals surface area contributed by atoms with Crippen LogP contribution in [-0.4, -0.2) is 43.7 Å². The van der Waals surface area contributed by atoms with Gasteiger partial charge in [-0.3, -0.25) is 0 Å². The first-order valence-corrected chi connectivity index (χ1v) is 8.22. The van der Waals surface area contributed by atoms with Crippen molar-refractivity contribution in [2.45, 2.75) is 19.9 Å². The molecule has 1 saturated heterocycles. The topological polar surface area (TPSA) is 45.7 Å². The summed E-state index contributed by atoms with van der Waals surface area (Å²) in [7, 11) is 1.40. The van der Waals surface area contributed by atoms with Gasteiger partial charge in [0.2, 0.25) is 0 Å². The van der Waals surface area contributed by atoms with Crippen molar-refractivity contribution >= 4 is 17.5 Å². The number of rotatable bonds is 3. The molecule has 126 valence electrons. The lowest BCUT2D eigenvalue weighted by atomic mass is 10.1. The van der Waals surface area contributed by atoms with E-state index < -0.39 is 0 Å². The van der Waals surface area contributed by atoms with Crippen LogP contribution in [0.3, 0.4) is 0 Å². The van der Waals surface area contributed by atoms with E-state index in [-0.39, 0.29) is 5.97 Å². The minimum Gasteiger partial charge on any atom is -0.465 e. The van der Waals surface area contributed by atoms with E-state index in [0.717, 1.165) is 36.8 Å². The summed E-state index contributed by atoms with van der Waals surface area (Å²) in [5, 5.41) is 0. The molecule has 0 spiro atoms. The molecule has 0 aliphatic carbocycles. The lowest BCUT2D eigenvalue weighted by Gasteiger charge is -2.41. The van der Waals surface area contributed by atoms with E-state index in [4.69, 9.17) is 4.74 Å². The summed E-state index contributed by atoms with van der Waals surface area (Å²) in [6.07, 6.45) is 0. The third-order valence-electron chi connectivity index (χ3n) is 4.45. The van der Waals surface area contributed by atoms with Gasteiger partial charge in [0.1, 0.15) is 5.82 Å². The fourth-order valence-electron chi connectivity index (χ4n) is 3.15. The van der Waals surface area contributed by atoms with Gasteiger partial charge in [0.15, 0.2) is 0 Å². The van der Waals surface area contributed by atoms with Gasteiger partial charge in [-0.25, -0.2) is 9.78 Å². The highest BCUT2D eigenvalue weighted by Crippen LogP contribution is 2.23. The molecule has 1 aromatic heterocycles. The van der Waals surface area contributed by atoms with Crippen LogP contribution in [0.4, 0.5) is 11.5 Å². The van der Waals surface area contributed by atoms with Crippen LogP contribution < -0.4 is 9.80 Å². The number of hydrogen-bond donors (Lipinski definition) is 0. The largest absolute Gasteiger partial charge is 0.465 e. The second-order valence-electron chi connectivity index (χ2n) is 6.16. The standard InChI is InChI=1S/C19H23N3O2/c1-14-5-4-6-18(20-14)22-12-11-21(13-15(22)2)17-9-7-16(8-10-17)19(23)24-3/h4-10,15H,11-13H2,1-3H3. The van der Waals surface area contributed by atoms with Crippen LogP contribution in [0.2, 0.25) is 0 Å². The van der Waals surface area contributed by atoms with Gasteiger partial charge in [0, 0.05) is 37.1 Å². The van der Waals surface area contributed by atoms with Crippen LogP contribution >= 0.6 is 0 Å². The fourth-order valence-corrected chi connectivity index (χ4v) is 3.15. The molecule has 3 rings (SSSR count). The summed E-state index contributed by atoms with van der Waals surface area (Å²) in [5.74, 6) is 0.744. The number of piperazine rings is 1. The van der Waals surface area contributed by atoms with E-state index in [9.17, 15) is 4.79 Å². The molecule has 5 nitrogen and oxygen atoms in total. The van der Waals surface area contributed by atoms with Gasteiger partial charge in [0.25, 0.3) is 0 Å². The molecule has 1 unspecified atom stereocenters. The van der Waals surface area contributed by atoms with E-state index in [0.29, 0.717) is 11.6 Å². The Morgan fingerprint density at radius 3 is 2.54 bits per heavy atom. The molecule has 1 aliphatic heterocycles. The number of benzene rings is 1. The van der Waals surface area contributed by atoms with E-state index in [1.807, 2.05) is 37.3 Å². The van der Waals surface area contributed by atoms with Crippen molar-refractivity contribution in [2.75, 3.05) is 36.5 Å². The minimum absolute atomic E-state index is 0.301. The number of hydrogen-bond acceptors (Lipinski definition) is 5. The molecule has 0 bridgehead atoms. The van der Waals surface area contributed by atoms with Gasteiger partial charge < -0.3 is 14.5 Å². The fraction of sp³-hybridized carbons (Fsp3) is 0.368. The zero-order valence-electron chi connectivity index (χ0n) is 14.4. The van der Waals surface area contributed by atoms with Gasteiger partial charge in [-0.15, -0.1) is 0 Å². The third kappa shape index (κ3) is 3.35. The molecule has 0 amide bonds. The summed E-state index contributed by atoms with van der Waals surface area (Å²) in [4.78, 5) is 20.9. The van der Waals surface area contributed by atoms with Crippen molar-refractivity contribution < 1.29 is 9.53 Å². The maximum atomic E-state index is 11.5. The molecular formula is C19H23N3O2. The van der Waals surface area contributed by atoms with Gasteiger partial charge >= 0.3 is 5.97 Å². The molecule has 24 heavy (non-hydrogen) atoms. The molecule has 1 fully saturated rings. The molecule has 0 radical (unpaired) electrons. The summed E-state index contributed by atoms with van der Waals surface area (Å²) in [6.45, 7) is 7.02. The molecule has 5 heteroatoms. The lowest BCUT2D eigenvalue weighted by Crippen LogP contribution is -2.52. The average molecular weight is 325 g/mol. The number of carbonyl (C=O) groups excluding carboxylic acids is 1. The van der Waals surface area contributed by atoms with Crippen molar-refractivity contribution in [1.82, 2.24) is 4.98 Å². The van der Waals surface area contributed by atoms with Crippen LogP contribution in [0.15, 0.2) is 42.5 Å².